The average Bonchev–Trinajstić information content (AvgIpc) is 3.41. The highest BCUT2D eigenvalue weighted by Gasteiger charge is 2.51. The predicted octanol–water partition coefficient (Wildman–Crippen LogP) is 10.2. The summed E-state index contributed by atoms with van der Waals surface area (Å²) in [5.41, 5.74) is 9.76. The van der Waals surface area contributed by atoms with Crippen LogP contribution < -0.4 is 5.46 Å². The molecule has 0 bridgehead atoms. The average molecular weight is 664 g/mol. The van der Waals surface area contributed by atoms with E-state index in [4.69, 9.17) is 24.3 Å². The van der Waals surface area contributed by atoms with E-state index < -0.39 is 18.3 Å². The minimum Gasteiger partial charge on any atom is -0.399 e. The van der Waals surface area contributed by atoms with Crippen molar-refractivity contribution in [3.63, 3.8) is 0 Å². The quantitative estimate of drug-likeness (QED) is 0.159. The zero-order valence-corrected chi connectivity index (χ0v) is 29.2. The molecule has 0 amide bonds. The van der Waals surface area contributed by atoms with Crippen LogP contribution in [0.25, 0.3) is 67.5 Å². The van der Waals surface area contributed by atoms with Gasteiger partial charge in [-0.2, -0.15) is 0 Å². The summed E-state index contributed by atoms with van der Waals surface area (Å²) in [6.07, 6.45) is 0. The number of nitrogens with zero attached hydrogens (tertiary/aromatic N) is 3. The molecular formula is C45H38BN3O2. The van der Waals surface area contributed by atoms with Gasteiger partial charge in [0.05, 0.1) is 11.2 Å². The summed E-state index contributed by atoms with van der Waals surface area (Å²) in [6, 6.07) is 54.3. The normalized spacial score (nSPS) is 14.8. The van der Waals surface area contributed by atoms with Gasteiger partial charge in [0.1, 0.15) is 0 Å². The fraction of sp³-hybridized carbons (Fsp3) is 0.133. The fourth-order valence-corrected chi connectivity index (χ4v) is 6.30. The van der Waals surface area contributed by atoms with Crippen LogP contribution in [0, 0.1) is 0 Å². The van der Waals surface area contributed by atoms with E-state index in [2.05, 4.69) is 173 Å². The second-order valence-electron chi connectivity index (χ2n) is 14.0. The van der Waals surface area contributed by atoms with Gasteiger partial charge >= 0.3 is 7.12 Å². The third-order valence-electron chi connectivity index (χ3n) is 10.0. The molecule has 0 spiro atoms. The van der Waals surface area contributed by atoms with E-state index in [0.29, 0.717) is 17.5 Å². The summed E-state index contributed by atoms with van der Waals surface area (Å²) in [6.45, 7) is 8.31. The first-order valence-electron chi connectivity index (χ1n) is 17.4. The molecule has 0 aliphatic carbocycles. The Morgan fingerprint density at radius 3 is 1.06 bits per heavy atom. The maximum Gasteiger partial charge on any atom is 0.494 e. The highest BCUT2D eigenvalue weighted by Crippen LogP contribution is 2.37. The lowest BCUT2D eigenvalue weighted by Gasteiger charge is -2.32. The van der Waals surface area contributed by atoms with Crippen LogP contribution in [-0.2, 0) is 9.31 Å². The van der Waals surface area contributed by atoms with Crippen LogP contribution in [0.15, 0.2) is 158 Å². The molecule has 1 fully saturated rings. The molecule has 0 saturated carbocycles. The molecular weight excluding hydrogens is 625 g/mol. The van der Waals surface area contributed by atoms with Gasteiger partial charge in [0, 0.05) is 16.7 Å². The summed E-state index contributed by atoms with van der Waals surface area (Å²) in [4.78, 5) is 15.0. The first-order valence-corrected chi connectivity index (χ1v) is 17.4. The molecule has 0 unspecified atom stereocenters. The van der Waals surface area contributed by atoms with Crippen molar-refractivity contribution >= 4 is 12.6 Å². The van der Waals surface area contributed by atoms with Gasteiger partial charge in [0.25, 0.3) is 0 Å². The van der Waals surface area contributed by atoms with E-state index in [9.17, 15) is 0 Å². The Labute approximate surface area is 300 Å². The van der Waals surface area contributed by atoms with Crippen LogP contribution in [-0.4, -0.2) is 33.3 Å². The highest BCUT2D eigenvalue weighted by molar-refractivity contribution is 6.62. The van der Waals surface area contributed by atoms with Gasteiger partial charge in [-0.15, -0.1) is 0 Å². The molecule has 0 atom stereocenters. The smallest absolute Gasteiger partial charge is 0.399 e. The summed E-state index contributed by atoms with van der Waals surface area (Å²) >= 11 is 0. The van der Waals surface area contributed by atoms with E-state index in [0.717, 1.165) is 44.4 Å². The maximum atomic E-state index is 6.33. The molecule has 1 aliphatic rings. The molecule has 8 rings (SSSR count). The van der Waals surface area contributed by atoms with Gasteiger partial charge in [-0.05, 0) is 66.5 Å². The van der Waals surface area contributed by atoms with Crippen LogP contribution >= 0.6 is 0 Å². The Hall–Kier alpha value is -5.69. The Bertz CT molecular complexity index is 2170. The fourth-order valence-electron chi connectivity index (χ4n) is 6.30. The van der Waals surface area contributed by atoms with E-state index in [1.54, 1.807) is 0 Å². The largest absolute Gasteiger partial charge is 0.494 e. The molecule has 5 nitrogen and oxygen atoms in total. The SMILES string of the molecule is CC1(C)OB(c2cccc(-c3ccc(-c4nc(-c5ccc(-c6ccccc6)cc5)nc(-c5ccc(-c6ccccc6)cc5)n4)cc3)c2)OC1(C)C. The van der Waals surface area contributed by atoms with Crippen molar-refractivity contribution in [1.29, 1.82) is 0 Å². The third kappa shape index (κ3) is 6.64. The van der Waals surface area contributed by atoms with E-state index in [1.807, 2.05) is 12.1 Å². The molecule has 0 radical (unpaired) electrons. The van der Waals surface area contributed by atoms with Crippen LogP contribution in [0.2, 0.25) is 0 Å². The number of aromatic nitrogens is 3. The van der Waals surface area contributed by atoms with Crippen molar-refractivity contribution in [3.8, 4) is 67.5 Å². The second-order valence-corrected chi connectivity index (χ2v) is 14.0. The minimum atomic E-state index is -0.417. The number of hydrogen-bond donors (Lipinski definition) is 0. The van der Waals surface area contributed by atoms with Crippen molar-refractivity contribution in [2.75, 3.05) is 0 Å². The van der Waals surface area contributed by atoms with Gasteiger partial charge in [-0.25, -0.2) is 15.0 Å². The molecule has 51 heavy (non-hydrogen) atoms. The lowest BCUT2D eigenvalue weighted by Crippen LogP contribution is -2.41. The first-order chi connectivity index (χ1) is 24.7. The highest BCUT2D eigenvalue weighted by atomic mass is 16.7. The maximum absolute atomic E-state index is 6.33. The monoisotopic (exact) mass is 663 g/mol. The van der Waals surface area contributed by atoms with Crippen molar-refractivity contribution in [2.24, 2.45) is 0 Å². The predicted molar refractivity (Wildman–Crippen MR) is 208 cm³/mol. The zero-order chi connectivity index (χ0) is 35.0. The molecule has 1 saturated heterocycles. The van der Waals surface area contributed by atoms with Crippen LogP contribution in [0.1, 0.15) is 27.7 Å². The van der Waals surface area contributed by atoms with E-state index in [-0.39, 0.29) is 0 Å². The second kappa shape index (κ2) is 13.2. The van der Waals surface area contributed by atoms with Crippen molar-refractivity contribution in [3.05, 3.63) is 158 Å². The standard InChI is InChI=1S/C45H38BN3O2/c1-44(2)45(3,4)51-46(50-44)40-17-11-16-39(30-40)35-22-28-38(29-23-35)43-48-41(36-24-18-33(19-25-36)31-12-7-5-8-13-31)47-42(49-43)37-26-20-34(21-27-37)32-14-9-6-10-15-32/h5-30H,1-4H3. The summed E-state index contributed by atoms with van der Waals surface area (Å²) in [5.74, 6) is 1.87. The van der Waals surface area contributed by atoms with E-state index >= 15 is 0 Å². The first kappa shape index (κ1) is 32.5. The Kier molecular flexibility index (Phi) is 8.43. The zero-order valence-electron chi connectivity index (χ0n) is 29.2. The van der Waals surface area contributed by atoms with Crippen molar-refractivity contribution in [1.82, 2.24) is 15.0 Å². The van der Waals surface area contributed by atoms with Crippen LogP contribution in [0.5, 0.6) is 0 Å². The number of hydrogen-bond acceptors (Lipinski definition) is 5. The van der Waals surface area contributed by atoms with Crippen molar-refractivity contribution in [2.45, 2.75) is 38.9 Å². The number of rotatable bonds is 7. The lowest BCUT2D eigenvalue weighted by atomic mass is 9.78. The van der Waals surface area contributed by atoms with Gasteiger partial charge in [0.2, 0.25) is 0 Å². The van der Waals surface area contributed by atoms with Crippen LogP contribution in [0.3, 0.4) is 0 Å². The summed E-state index contributed by atoms with van der Waals surface area (Å²) in [5, 5.41) is 0. The summed E-state index contributed by atoms with van der Waals surface area (Å²) < 4.78 is 12.7. The van der Waals surface area contributed by atoms with Crippen molar-refractivity contribution < 1.29 is 9.31 Å². The Morgan fingerprint density at radius 1 is 0.353 bits per heavy atom. The Balaban J connectivity index is 1.13. The van der Waals surface area contributed by atoms with Gasteiger partial charge in [-0.1, -0.05) is 158 Å². The van der Waals surface area contributed by atoms with Gasteiger partial charge < -0.3 is 9.31 Å². The topological polar surface area (TPSA) is 57.1 Å². The molecule has 1 aromatic heterocycles. The lowest BCUT2D eigenvalue weighted by molar-refractivity contribution is 0.00578. The number of benzene rings is 6. The van der Waals surface area contributed by atoms with Crippen LogP contribution in [0.4, 0.5) is 0 Å². The molecule has 6 aromatic carbocycles. The molecule has 7 aromatic rings. The molecule has 6 heteroatoms. The molecule has 2 heterocycles. The van der Waals surface area contributed by atoms with Gasteiger partial charge in [0.15, 0.2) is 17.5 Å². The third-order valence-corrected chi connectivity index (χ3v) is 10.0. The minimum absolute atomic E-state index is 0.397. The van der Waals surface area contributed by atoms with E-state index in [1.165, 1.54) is 11.1 Å². The Morgan fingerprint density at radius 2 is 0.667 bits per heavy atom. The van der Waals surface area contributed by atoms with Gasteiger partial charge in [-0.3, -0.25) is 0 Å². The summed E-state index contributed by atoms with van der Waals surface area (Å²) in [7, 11) is -0.417. The molecule has 0 N–H and O–H groups in total. The molecule has 1 aliphatic heterocycles. The molecule has 248 valence electrons.